The Morgan fingerprint density at radius 1 is 1.16 bits per heavy atom. The second kappa shape index (κ2) is 8.55. The van der Waals surface area contributed by atoms with E-state index in [0.29, 0.717) is 17.0 Å². The standard InChI is InChI=1S/C20H20N2O3/c1-14(2)25-18-10-8-17(9-11-18)22-20(23)16(13-21)12-15-6-4-5-7-19(15)24-3/h4-12,14H,1-3H3,(H,22,23)/b16-12+. The number of carbonyl (C=O) groups excluding carboxylic acids is 1. The monoisotopic (exact) mass is 336 g/mol. The van der Waals surface area contributed by atoms with Crippen molar-refractivity contribution in [2.24, 2.45) is 0 Å². The molecule has 2 rings (SSSR count). The lowest BCUT2D eigenvalue weighted by atomic mass is 10.1. The molecule has 0 aliphatic carbocycles. The number of hydrogen-bond acceptors (Lipinski definition) is 4. The Hall–Kier alpha value is -3.26. The van der Waals surface area contributed by atoms with Crippen molar-refractivity contribution in [3.8, 4) is 17.6 Å². The molecule has 128 valence electrons. The van der Waals surface area contributed by atoms with Crippen LogP contribution < -0.4 is 14.8 Å². The molecule has 0 unspecified atom stereocenters. The van der Waals surface area contributed by atoms with Crippen LogP contribution in [0.25, 0.3) is 6.08 Å². The number of nitrogens with zero attached hydrogens (tertiary/aromatic N) is 1. The van der Waals surface area contributed by atoms with E-state index < -0.39 is 5.91 Å². The summed E-state index contributed by atoms with van der Waals surface area (Å²) < 4.78 is 10.8. The summed E-state index contributed by atoms with van der Waals surface area (Å²) in [5, 5.41) is 12.0. The minimum absolute atomic E-state index is 0.00740. The van der Waals surface area contributed by atoms with Crippen LogP contribution in [0.3, 0.4) is 0 Å². The van der Waals surface area contributed by atoms with Crippen LogP contribution in [-0.2, 0) is 4.79 Å². The molecule has 25 heavy (non-hydrogen) atoms. The number of para-hydroxylation sites is 1. The number of rotatable bonds is 6. The van der Waals surface area contributed by atoms with E-state index in [1.165, 1.54) is 6.08 Å². The summed E-state index contributed by atoms with van der Waals surface area (Å²) in [6, 6.07) is 16.1. The van der Waals surface area contributed by atoms with Gasteiger partial charge in [-0.15, -0.1) is 0 Å². The highest BCUT2D eigenvalue weighted by atomic mass is 16.5. The van der Waals surface area contributed by atoms with Crippen molar-refractivity contribution < 1.29 is 14.3 Å². The number of amides is 1. The zero-order valence-electron chi connectivity index (χ0n) is 14.4. The predicted octanol–water partition coefficient (Wildman–Crippen LogP) is 4.03. The Morgan fingerprint density at radius 2 is 1.84 bits per heavy atom. The molecule has 0 aliphatic rings. The minimum atomic E-state index is -0.481. The molecule has 5 nitrogen and oxygen atoms in total. The molecule has 2 aromatic rings. The van der Waals surface area contributed by atoms with E-state index in [-0.39, 0.29) is 11.7 Å². The first-order valence-corrected chi connectivity index (χ1v) is 7.86. The third kappa shape index (κ3) is 5.11. The number of nitrogens with one attached hydrogen (secondary N) is 1. The maximum Gasteiger partial charge on any atom is 0.266 e. The fourth-order valence-corrected chi connectivity index (χ4v) is 2.18. The van der Waals surface area contributed by atoms with Gasteiger partial charge < -0.3 is 14.8 Å². The lowest BCUT2D eigenvalue weighted by Crippen LogP contribution is -2.13. The highest BCUT2D eigenvalue weighted by Gasteiger charge is 2.11. The lowest BCUT2D eigenvalue weighted by Gasteiger charge is -2.10. The molecule has 1 N–H and O–H groups in total. The Balaban J connectivity index is 2.15. The molecule has 0 saturated carbocycles. The fraction of sp³-hybridized carbons (Fsp3) is 0.200. The highest BCUT2D eigenvalue weighted by Crippen LogP contribution is 2.21. The van der Waals surface area contributed by atoms with Crippen molar-refractivity contribution in [2.75, 3.05) is 12.4 Å². The molecule has 1 amide bonds. The summed E-state index contributed by atoms with van der Waals surface area (Å²) >= 11 is 0. The van der Waals surface area contributed by atoms with Gasteiger partial charge in [0, 0.05) is 11.3 Å². The van der Waals surface area contributed by atoms with Gasteiger partial charge in [-0.25, -0.2) is 0 Å². The topological polar surface area (TPSA) is 71.3 Å². The zero-order chi connectivity index (χ0) is 18.2. The van der Waals surface area contributed by atoms with Gasteiger partial charge >= 0.3 is 0 Å². The van der Waals surface area contributed by atoms with Gasteiger partial charge in [-0.2, -0.15) is 5.26 Å². The first kappa shape index (κ1) is 18.1. The summed E-state index contributed by atoms with van der Waals surface area (Å²) in [6.45, 7) is 3.88. The first-order valence-electron chi connectivity index (χ1n) is 7.86. The van der Waals surface area contributed by atoms with E-state index in [1.54, 1.807) is 43.5 Å². The maximum atomic E-state index is 12.3. The fourth-order valence-electron chi connectivity index (χ4n) is 2.18. The quantitative estimate of drug-likeness (QED) is 0.638. The van der Waals surface area contributed by atoms with Gasteiger partial charge in [0.25, 0.3) is 5.91 Å². The number of anilines is 1. The van der Waals surface area contributed by atoms with Gasteiger partial charge in [0.15, 0.2) is 0 Å². The molecule has 0 saturated heterocycles. The predicted molar refractivity (Wildman–Crippen MR) is 97.4 cm³/mol. The Bertz CT molecular complexity index is 802. The third-order valence-electron chi connectivity index (χ3n) is 3.29. The van der Waals surface area contributed by atoms with Crippen LogP contribution in [0, 0.1) is 11.3 Å². The van der Waals surface area contributed by atoms with Gasteiger partial charge in [-0.3, -0.25) is 4.79 Å². The minimum Gasteiger partial charge on any atom is -0.496 e. The van der Waals surface area contributed by atoms with Gasteiger partial charge in [0.1, 0.15) is 23.1 Å². The van der Waals surface area contributed by atoms with Crippen molar-refractivity contribution in [1.82, 2.24) is 0 Å². The number of benzene rings is 2. The molecule has 0 radical (unpaired) electrons. The van der Waals surface area contributed by atoms with E-state index in [0.717, 1.165) is 5.75 Å². The average Bonchev–Trinajstić information content (AvgIpc) is 2.61. The number of hydrogen-bond donors (Lipinski definition) is 1. The summed E-state index contributed by atoms with van der Waals surface area (Å²) in [5.74, 6) is 0.835. The number of nitriles is 1. The van der Waals surface area contributed by atoms with E-state index in [1.807, 2.05) is 32.0 Å². The van der Waals surface area contributed by atoms with Gasteiger partial charge in [-0.1, -0.05) is 18.2 Å². The van der Waals surface area contributed by atoms with E-state index in [9.17, 15) is 10.1 Å². The number of carbonyl (C=O) groups is 1. The second-order valence-corrected chi connectivity index (χ2v) is 5.56. The molecule has 0 atom stereocenters. The van der Waals surface area contributed by atoms with Crippen molar-refractivity contribution >= 4 is 17.7 Å². The smallest absolute Gasteiger partial charge is 0.266 e. The molecule has 0 aromatic heterocycles. The van der Waals surface area contributed by atoms with Gasteiger partial charge in [0.05, 0.1) is 13.2 Å². The van der Waals surface area contributed by atoms with E-state index >= 15 is 0 Å². The summed E-state index contributed by atoms with van der Waals surface area (Å²) in [4.78, 5) is 12.3. The number of ether oxygens (including phenoxy) is 2. The lowest BCUT2D eigenvalue weighted by molar-refractivity contribution is -0.112. The molecule has 0 fully saturated rings. The molecule has 2 aromatic carbocycles. The number of methoxy groups -OCH3 is 1. The second-order valence-electron chi connectivity index (χ2n) is 5.56. The van der Waals surface area contributed by atoms with Crippen LogP contribution in [0.4, 0.5) is 5.69 Å². The third-order valence-corrected chi connectivity index (χ3v) is 3.29. The van der Waals surface area contributed by atoms with Crippen LogP contribution in [0.5, 0.6) is 11.5 Å². The molecule has 0 heterocycles. The first-order chi connectivity index (χ1) is 12.0. The molecule has 0 spiro atoms. The van der Waals surface area contributed by atoms with Gasteiger partial charge in [0.2, 0.25) is 0 Å². The summed E-state index contributed by atoms with van der Waals surface area (Å²) in [5.41, 5.74) is 1.24. The molecular formula is C20H20N2O3. The van der Waals surface area contributed by atoms with Crippen LogP contribution >= 0.6 is 0 Å². The van der Waals surface area contributed by atoms with Crippen molar-refractivity contribution in [3.05, 3.63) is 59.7 Å². The molecule has 5 heteroatoms. The van der Waals surface area contributed by atoms with Crippen LogP contribution in [0.2, 0.25) is 0 Å². The van der Waals surface area contributed by atoms with Crippen LogP contribution in [0.15, 0.2) is 54.1 Å². The van der Waals surface area contributed by atoms with E-state index in [2.05, 4.69) is 5.32 Å². The molecule has 0 aliphatic heterocycles. The summed E-state index contributed by atoms with van der Waals surface area (Å²) in [6.07, 6.45) is 1.58. The summed E-state index contributed by atoms with van der Waals surface area (Å²) in [7, 11) is 1.54. The SMILES string of the molecule is COc1ccccc1/C=C(\C#N)C(=O)Nc1ccc(OC(C)C)cc1. The van der Waals surface area contributed by atoms with Gasteiger partial charge in [-0.05, 0) is 50.3 Å². The van der Waals surface area contributed by atoms with E-state index in [4.69, 9.17) is 9.47 Å². The Morgan fingerprint density at radius 3 is 2.44 bits per heavy atom. The van der Waals surface area contributed by atoms with Crippen LogP contribution in [-0.4, -0.2) is 19.1 Å². The Labute approximate surface area is 147 Å². The maximum absolute atomic E-state index is 12.3. The normalized spacial score (nSPS) is 10.9. The Kier molecular flexibility index (Phi) is 6.19. The largest absolute Gasteiger partial charge is 0.496 e. The molecular weight excluding hydrogens is 316 g/mol. The van der Waals surface area contributed by atoms with Crippen molar-refractivity contribution in [1.29, 1.82) is 5.26 Å². The van der Waals surface area contributed by atoms with Crippen LogP contribution in [0.1, 0.15) is 19.4 Å². The molecule has 0 bridgehead atoms. The van der Waals surface area contributed by atoms with Crippen molar-refractivity contribution in [2.45, 2.75) is 20.0 Å². The van der Waals surface area contributed by atoms with Crippen molar-refractivity contribution in [3.63, 3.8) is 0 Å². The zero-order valence-corrected chi connectivity index (χ0v) is 14.4. The highest BCUT2D eigenvalue weighted by molar-refractivity contribution is 6.09. The average molecular weight is 336 g/mol.